The highest BCUT2D eigenvalue weighted by atomic mass is 16.5. The lowest BCUT2D eigenvalue weighted by molar-refractivity contribution is 0.0796. The molecule has 2 aromatic heterocycles. The number of amides is 1. The zero-order chi connectivity index (χ0) is 17.1. The van der Waals surface area contributed by atoms with Crippen molar-refractivity contribution in [2.24, 2.45) is 0 Å². The van der Waals surface area contributed by atoms with E-state index >= 15 is 0 Å². The SMILES string of the molecule is Cc1cc(C)n(-c2ccc(C(=O)N(C)CCc3ncon3)cc2)n1. The predicted molar refractivity (Wildman–Crippen MR) is 88.0 cm³/mol. The first-order valence-electron chi connectivity index (χ1n) is 7.69. The number of carbonyl (C=O) groups is 1. The van der Waals surface area contributed by atoms with Crippen molar-refractivity contribution in [2.75, 3.05) is 13.6 Å². The molecule has 0 spiro atoms. The third kappa shape index (κ3) is 3.34. The molecule has 0 fully saturated rings. The number of benzene rings is 1. The summed E-state index contributed by atoms with van der Waals surface area (Å²) in [4.78, 5) is 18.1. The molecule has 3 rings (SSSR count). The second kappa shape index (κ2) is 6.66. The fourth-order valence-corrected chi connectivity index (χ4v) is 2.53. The van der Waals surface area contributed by atoms with Crippen molar-refractivity contribution in [3.05, 3.63) is 59.5 Å². The maximum atomic E-state index is 12.5. The lowest BCUT2D eigenvalue weighted by Crippen LogP contribution is -2.29. The maximum Gasteiger partial charge on any atom is 0.253 e. The monoisotopic (exact) mass is 325 g/mol. The van der Waals surface area contributed by atoms with Gasteiger partial charge in [-0.3, -0.25) is 4.79 Å². The minimum Gasteiger partial charge on any atom is -0.343 e. The summed E-state index contributed by atoms with van der Waals surface area (Å²) in [7, 11) is 1.76. The Kier molecular flexibility index (Phi) is 4.41. The number of likely N-dealkylation sites (N-methyl/N-ethyl adjacent to an activating group) is 1. The van der Waals surface area contributed by atoms with Crippen molar-refractivity contribution in [1.82, 2.24) is 24.8 Å². The topological polar surface area (TPSA) is 77.0 Å². The van der Waals surface area contributed by atoms with Gasteiger partial charge in [-0.25, -0.2) is 4.68 Å². The molecule has 0 aliphatic carbocycles. The molecule has 1 amide bonds. The Morgan fingerprint density at radius 3 is 2.58 bits per heavy atom. The molecule has 0 saturated carbocycles. The smallest absolute Gasteiger partial charge is 0.253 e. The number of hydrogen-bond donors (Lipinski definition) is 0. The third-order valence-electron chi connectivity index (χ3n) is 3.79. The van der Waals surface area contributed by atoms with Gasteiger partial charge in [-0.05, 0) is 44.2 Å². The van der Waals surface area contributed by atoms with Crippen LogP contribution in [0.5, 0.6) is 0 Å². The van der Waals surface area contributed by atoms with Gasteiger partial charge in [-0.15, -0.1) is 0 Å². The van der Waals surface area contributed by atoms with Crippen molar-refractivity contribution in [2.45, 2.75) is 20.3 Å². The number of carbonyl (C=O) groups excluding carboxylic acids is 1. The van der Waals surface area contributed by atoms with Crippen LogP contribution in [0, 0.1) is 13.8 Å². The molecule has 0 saturated heterocycles. The summed E-state index contributed by atoms with van der Waals surface area (Å²) in [5, 5.41) is 8.19. The summed E-state index contributed by atoms with van der Waals surface area (Å²) in [5.74, 6) is 0.549. The maximum absolute atomic E-state index is 12.5. The average molecular weight is 325 g/mol. The summed E-state index contributed by atoms with van der Waals surface area (Å²) >= 11 is 0. The number of rotatable bonds is 5. The molecule has 0 bridgehead atoms. The molecule has 0 radical (unpaired) electrons. The Hall–Kier alpha value is -2.96. The second-order valence-electron chi connectivity index (χ2n) is 5.71. The summed E-state index contributed by atoms with van der Waals surface area (Å²) in [6.45, 7) is 4.49. The van der Waals surface area contributed by atoms with Gasteiger partial charge in [-0.1, -0.05) is 5.16 Å². The average Bonchev–Trinajstić information content (AvgIpc) is 3.21. The van der Waals surface area contributed by atoms with Crippen LogP contribution in [0.4, 0.5) is 0 Å². The molecule has 124 valence electrons. The Labute approximate surface area is 139 Å². The molecule has 0 aliphatic rings. The highest BCUT2D eigenvalue weighted by Gasteiger charge is 2.13. The van der Waals surface area contributed by atoms with Gasteiger partial charge < -0.3 is 9.42 Å². The van der Waals surface area contributed by atoms with Gasteiger partial charge in [0.25, 0.3) is 5.91 Å². The van der Waals surface area contributed by atoms with Crippen molar-refractivity contribution < 1.29 is 9.32 Å². The van der Waals surface area contributed by atoms with Crippen LogP contribution < -0.4 is 0 Å². The Balaban J connectivity index is 1.68. The van der Waals surface area contributed by atoms with Crippen molar-refractivity contribution in [3.63, 3.8) is 0 Å². The Bertz CT molecular complexity index is 821. The molecule has 2 heterocycles. The molecule has 1 aromatic carbocycles. The van der Waals surface area contributed by atoms with Gasteiger partial charge >= 0.3 is 0 Å². The zero-order valence-electron chi connectivity index (χ0n) is 13.9. The van der Waals surface area contributed by atoms with Crippen LogP contribution in [-0.2, 0) is 6.42 Å². The summed E-state index contributed by atoms with van der Waals surface area (Å²) in [6, 6.07) is 9.46. The molecule has 0 atom stereocenters. The molecule has 0 aliphatic heterocycles. The number of aryl methyl sites for hydroxylation is 2. The van der Waals surface area contributed by atoms with Gasteiger partial charge in [-0.2, -0.15) is 10.1 Å². The van der Waals surface area contributed by atoms with Gasteiger partial charge in [0, 0.05) is 31.3 Å². The van der Waals surface area contributed by atoms with E-state index in [1.165, 1.54) is 6.39 Å². The molecule has 0 N–H and O–H groups in total. The van der Waals surface area contributed by atoms with Crippen molar-refractivity contribution >= 4 is 5.91 Å². The molecule has 24 heavy (non-hydrogen) atoms. The number of hydrogen-bond acceptors (Lipinski definition) is 5. The summed E-state index contributed by atoms with van der Waals surface area (Å²) in [5.41, 5.74) is 3.60. The Morgan fingerprint density at radius 1 is 1.25 bits per heavy atom. The van der Waals surface area contributed by atoms with E-state index in [1.807, 2.05) is 48.9 Å². The molecule has 7 nitrogen and oxygen atoms in total. The third-order valence-corrected chi connectivity index (χ3v) is 3.79. The quantitative estimate of drug-likeness (QED) is 0.718. The van der Waals surface area contributed by atoms with Gasteiger partial charge in [0.05, 0.1) is 11.4 Å². The van der Waals surface area contributed by atoms with Gasteiger partial charge in [0.2, 0.25) is 6.39 Å². The minimum absolute atomic E-state index is 0.0431. The van der Waals surface area contributed by atoms with Crippen LogP contribution >= 0.6 is 0 Å². The lowest BCUT2D eigenvalue weighted by Gasteiger charge is -2.16. The van der Waals surface area contributed by atoms with Crippen LogP contribution in [-0.4, -0.2) is 44.3 Å². The fraction of sp³-hybridized carbons (Fsp3) is 0.294. The van der Waals surface area contributed by atoms with E-state index in [0.717, 1.165) is 17.1 Å². The van der Waals surface area contributed by atoms with E-state index in [1.54, 1.807) is 11.9 Å². The van der Waals surface area contributed by atoms with E-state index in [2.05, 4.69) is 19.8 Å². The standard InChI is InChI=1S/C17H19N5O2/c1-12-10-13(2)22(19-12)15-6-4-14(5-7-15)17(23)21(3)9-8-16-18-11-24-20-16/h4-7,10-11H,8-9H2,1-3H3. The van der Waals surface area contributed by atoms with E-state index in [4.69, 9.17) is 0 Å². The van der Waals surface area contributed by atoms with Gasteiger partial charge in [0.15, 0.2) is 5.82 Å². The van der Waals surface area contributed by atoms with E-state index < -0.39 is 0 Å². The molecule has 0 unspecified atom stereocenters. The highest BCUT2D eigenvalue weighted by molar-refractivity contribution is 5.94. The first-order valence-corrected chi connectivity index (χ1v) is 7.69. The van der Waals surface area contributed by atoms with Crippen LogP contribution in [0.3, 0.4) is 0 Å². The van der Waals surface area contributed by atoms with Crippen LogP contribution in [0.15, 0.2) is 41.2 Å². The highest BCUT2D eigenvalue weighted by Crippen LogP contribution is 2.14. The zero-order valence-corrected chi connectivity index (χ0v) is 13.9. The minimum atomic E-state index is -0.0431. The predicted octanol–water partition coefficient (Wildman–Crippen LogP) is 2.19. The summed E-state index contributed by atoms with van der Waals surface area (Å²) < 4.78 is 6.55. The second-order valence-corrected chi connectivity index (χ2v) is 5.71. The largest absolute Gasteiger partial charge is 0.343 e. The first kappa shape index (κ1) is 15.9. The van der Waals surface area contributed by atoms with Crippen molar-refractivity contribution in [1.29, 1.82) is 0 Å². The van der Waals surface area contributed by atoms with E-state index in [-0.39, 0.29) is 5.91 Å². The van der Waals surface area contributed by atoms with E-state index in [0.29, 0.717) is 24.4 Å². The van der Waals surface area contributed by atoms with E-state index in [9.17, 15) is 4.79 Å². The normalized spacial score (nSPS) is 10.8. The summed E-state index contributed by atoms with van der Waals surface area (Å²) in [6.07, 6.45) is 1.84. The van der Waals surface area contributed by atoms with Crippen LogP contribution in [0.25, 0.3) is 5.69 Å². The molecule has 3 aromatic rings. The lowest BCUT2D eigenvalue weighted by atomic mass is 10.1. The molecule has 7 heteroatoms. The molecular weight excluding hydrogens is 306 g/mol. The number of nitrogens with zero attached hydrogens (tertiary/aromatic N) is 5. The number of aromatic nitrogens is 4. The van der Waals surface area contributed by atoms with Crippen molar-refractivity contribution in [3.8, 4) is 5.69 Å². The Morgan fingerprint density at radius 2 is 2.00 bits per heavy atom. The molecular formula is C17H19N5O2. The van der Waals surface area contributed by atoms with Crippen LogP contribution in [0.1, 0.15) is 27.6 Å². The first-order chi connectivity index (χ1) is 11.5. The fourth-order valence-electron chi connectivity index (χ4n) is 2.53. The van der Waals surface area contributed by atoms with Gasteiger partial charge in [0.1, 0.15) is 0 Å². The van der Waals surface area contributed by atoms with Crippen LogP contribution in [0.2, 0.25) is 0 Å².